The maximum absolute atomic E-state index is 12.9. The normalized spacial score (nSPS) is 11.2. The number of nitrogens with zero attached hydrogens (tertiary/aromatic N) is 1. The van der Waals surface area contributed by atoms with Crippen molar-refractivity contribution < 1.29 is 13.2 Å². The molecule has 0 aliphatic carbocycles. The van der Waals surface area contributed by atoms with E-state index in [1.807, 2.05) is 75.4 Å². The van der Waals surface area contributed by atoms with E-state index in [0.717, 1.165) is 5.56 Å². The quantitative estimate of drug-likeness (QED) is 0.417. The van der Waals surface area contributed by atoms with E-state index in [4.69, 9.17) is 17.0 Å². The first-order valence-corrected chi connectivity index (χ1v) is 12.2. The molecule has 6 nitrogen and oxygen atoms in total. The van der Waals surface area contributed by atoms with Crippen molar-refractivity contribution in [3.8, 4) is 11.5 Å². The molecule has 0 radical (unpaired) electrons. The predicted molar refractivity (Wildman–Crippen MR) is 134 cm³/mol. The molecule has 0 aliphatic heterocycles. The highest BCUT2D eigenvalue weighted by Crippen LogP contribution is 2.29. The Hall–Kier alpha value is -2.94. The van der Waals surface area contributed by atoms with E-state index in [9.17, 15) is 8.42 Å². The number of hydrogen-bond acceptors (Lipinski definition) is 4. The smallest absolute Gasteiger partial charge is 0.243 e. The molecule has 0 fully saturated rings. The first-order chi connectivity index (χ1) is 15.3. The molecule has 0 spiro atoms. The summed E-state index contributed by atoms with van der Waals surface area (Å²) in [6, 6.07) is 22.0. The van der Waals surface area contributed by atoms with Crippen LogP contribution < -0.4 is 15.4 Å². The van der Waals surface area contributed by atoms with Crippen molar-refractivity contribution in [2.45, 2.75) is 25.7 Å². The monoisotopic (exact) mass is 469 g/mol. The van der Waals surface area contributed by atoms with Crippen molar-refractivity contribution in [2.24, 2.45) is 0 Å². The molecule has 3 rings (SSSR count). The molecule has 0 unspecified atom stereocenters. The summed E-state index contributed by atoms with van der Waals surface area (Å²) in [7, 11) is -3.57. The number of para-hydroxylation sites is 3. The van der Waals surface area contributed by atoms with Gasteiger partial charge in [-0.1, -0.05) is 50.2 Å². The molecule has 0 aromatic heterocycles. The molecule has 0 atom stereocenters. The minimum Gasteiger partial charge on any atom is -0.455 e. The second kappa shape index (κ2) is 10.6. The standard InChI is InChI=1S/C24H27N3O3S2/c1-4-27(5-2)32(28,29)20-16-15-18(3)22(17-20)26-24(31)25-21-13-9-10-14-23(21)30-19-11-7-6-8-12-19/h6-17H,4-5H2,1-3H3,(H2,25,26,31). The molecule has 0 bridgehead atoms. The van der Waals surface area contributed by atoms with Crippen LogP contribution in [0.4, 0.5) is 11.4 Å². The summed E-state index contributed by atoms with van der Waals surface area (Å²) in [4.78, 5) is 0.227. The highest BCUT2D eigenvalue weighted by molar-refractivity contribution is 7.89. The summed E-state index contributed by atoms with van der Waals surface area (Å²) in [5.41, 5.74) is 2.19. The van der Waals surface area contributed by atoms with E-state index in [2.05, 4.69) is 10.6 Å². The largest absolute Gasteiger partial charge is 0.455 e. The zero-order valence-electron chi connectivity index (χ0n) is 18.3. The Kier molecular flexibility index (Phi) is 7.84. The Bertz CT molecular complexity index is 1180. The van der Waals surface area contributed by atoms with Crippen molar-refractivity contribution in [3.05, 3.63) is 78.4 Å². The summed E-state index contributed by atoms with van der Waals surface area (Å²) in [5, 5.41) is 6.59. The minimum absolute atomic E-state index is 0.227. The van der Waals surface area contributed by atoms with E-state index >= 15 is 0 Å². The van der Waals surface area contributed by atoms with E-state index in [1.54, 1.807) is 18.2 Å². The molecule has 3 aromatic carbocycles. The molecule has 3 aromatic rings. The number of sulfonamides is 1. The van der Waals surface area contributed by atoms with Crippen molar-refractivity contribution in [3.63, 3.8) is 0 Å². The van der Waals surface area contributed by atoms with Crippen LogP contribution in [0, 0.1) is 6.92 Å². The molecular formula is C24H27N3O3S2. The summed E-state index contributed by atoms with van der Waals surface area (Å²) in [6.45, 7) is 6.36. The number of benzene rings is 3. The van der Waals surface area contributed by atoms with E-state index < -0.39 is 10.0 Å². The van der Waals surface area contributed by atoms with Gasteiger partial charge < -0.3 is 15.4 Å². The highest BCUT2D eigenvalue weighted by atomic mass is 32.2. The number of ether oxygens (including phenoxy) is 1. The molecule has 0 heterocycles. The number of aryl methyl sites for hydroxylation is 1. The second-order valence-corrected chi connectivity index (χ2v) is 9.40. The van der Waals surface area contributed by atoms with E-state index in [-0.39, 0.29) is 4.90 Å². The van der Waals surface area contributed by atoms with Crippen LogP contribution >= 0.6 is 12.2 Å². The third kappa shape index (κ3) is 5.64. The van der Waals surface area contributed by atoms with Crippen LogP contribution in [0.5, 0.6) is 11.5 Å². The average molecular weight is 470 g/mol. The van der Waals surface area contributed by atoms with Gasteiger partial charge in [-0.15, -0.1) is 0 Å². The lowest BCUT2D eigenvalue weighted by Crippen LogP contribution is -2.30. The third-order valence-electron chi connectivity index (χ3n) is 4.91. The Balaban J connectivity index is 1.79. The van der Waals surface area contributed by atoms with Gasteiger partial charge in [-0.3, -0.25) is 0 Å². The molecule has 0 saturated heterocycles. The van der Waals surface area contributed by atoms with E-state index in [1.165, 1.54) is 4.31 Å². The first-order valence-electron chi connectivity index (χ1n) is 10.4. The average Bonchev–Trinajstić information content (AvgIpc) is 2.78. The predicted octanol–water partition coefficient (Wildman–Crippen LogP) is 5.63. The lowest BCUT2D eigenvalue weighted by atomic mass is 10.2. The number of nitrogens with one attached hydrogen (secondary N) is 2. The van der Waals surface area contributed by atoms with Crippen LogP contribution in [-0.2, 0) is 10.0 Å². The van der Waals surface area contributed by atoms with Gasteiger partial charge in [0.2, 0.25) is 10.0 Å². The van der Waals surface area contributed by atoms with Gasteiger partial charge in [0.1, 0.15) is 5.75 Å². The van der Waals surface area contributed by atoms with Gasteiger partial charge in [-0.2, -0.15) is 4.31 Å². The SMILES string of the molecule is CCN(CC)S(=O)(=O)c1ccc(C)c(NC(=S)Nc2ccccc2Oc2ccccc2)c1. The van der Waals surface area contributed by atoms with Crippen LogP contribution in [-0.4, -0.2) is 30.9 Å². The summed E-state index contributed by atoms with van der Waals surface area (Å²) in [6.07, 6.45) is 0. The lowest BCUT2D eigenvalue weighted by molar-refractivity contribution is 0.445. The number of hydrogen-bond donors (Lipinski definition) is 2. The van der Waals surface area contributed by atoms with Gasteiger partial charge in [0.25, 0.3) is 0 Å². The fourth-order valence-electron chi connectivity index (χ4n) is 3.16. The van der Waals surface area contributed by atoms with Crippen molar-refractivity contribution in [2.75, 3.05) is 23.7 Å². The maximum Gasteiger partial charge on any atom is 0.243 e. The van der Waals surface area contributed by atoms with Crippen molar-refractivity contribution in [1.29, 1.82) is 0 Å². The van der Waals surface area contributed by atoms with Gasteiger partial charge in [0.05, 0.1) is 10.6 Å². The van der Waals surface area contributed by atoms with Gasteiger partial charge in [-0.05, 0) is 61.1 Å². The summed E-state index contributed by atoms with van der Waals surface area (Å²) < 4.78 is 33.2. The maximum atomic E-state index is 12.9. The fraction of sp³-hybridized carbons (Fsp3) is 0.208. The zero-order chi connectivity index (χ0) is 23.1. The molecule has 0 aliphatic rings. The van der Waals surface area contributed by atoms with Crippen molar-refractivity contribution in [1.82, 2.24) is 4.31 Å². The van der Waals surface area contributed by atoms with E-state index in [0.29, 0.717) is 41.1 Å². The lowest BCUT2D eigenvalue weighted by Gasteiger charge is -2.20. The van der Waals surface area contributed by atoms with Crippen LogP contribution in [0.3, 0.4) is 0 Å². The topological polar surface area (TPSA) is 70.7 Å². The van der Waals surface area contributed by atoms with Crippen molar-refractivity contribution >= 4 is 38.7 Å². The zero-order valence-corrected chi connectivity index (χ0v) is 20.0. The third-order valence-corrected chi connectivity index (χ3v) is 7.16. The molecule has 8 heteroatoms. The number of thiocarbonyl (C=S) groups is 1. The Labute approximate surface area is 195 Å². The molecule has 0 amide bonds. The Morgan fingerprint density at radius 2 is 1.53 bits per heavy atom. The first kappa shape index (κ1) is 23.7. The molecule has 2 N–H and O–H groups in total. The van der Waals surface area contributed by atoms with Crippen LogP contribution in [0.25, 0.3) is 0 Å². The number of anilines is 2. The van der Waals surface area contributed by atoms with Gasteiger partial charge in [0, 0.05) is 18.8 Å². The molecule has 32 heavy (non-hydrogen) atoms. The van der Waals surface area contributed by atoms with Gasteiger partial charge in [-0.25, -0.2) is 8.42 Å². The Morgan fingerprint density at radius 3 is 2.22 bits per heavy atom. The van der Waals surface area contributed by atoms with Gasteiger partial charge in [0.15, 0.2) is 10.9 Å². The molecule has 0 saturated carbocycles. The highest BCUT2D eigenvalue weighted by Gasteiger charge is 2.22. The van der Waals surface area contributed by atoms with Crippen LogP contribution in [0.15, 0.2) is 77.7 Å². The molecular weight excluding hydrogens is 442 g/mol. The fourth-order valence-corrected chi connectivity index (χ4v) is 4.86. The second-order valence-electron chi connectivity index (χ2n) is 7.06. The minimum atomic E-state index is -3.57. The number of rotatable bonds is 8. The van der Waals surface area contributed by atoms with Crippen LogP contribution in [0.1, 0.15) is 19.4 Å². The molecule has 168 valence electrons. The van der Waals surface area contributed by atoms with Gasteiger partial charge >= 0.3 is 0 Å². The summed E-state index contributed by atoms with van der Waals surface area (Å²) in [5.74, 6) is 1.34. The van der Waals surface area contributed by atoms with Crippen LogP contribution in [0.2, 0.25) is 0 Å². The summed E-state index contributed by atoms with van der Waals surface area (Å²) >= 11 is 5.50. The Morgan fingerprint density at radius 1 is 0.906 bits per heavy atom.